The average Bonchev–Trinajstić information content (AvgIpc) is 2.52. The maximum Gasteiger partial charge on any atom is 0.123 e. The van der Waals surface area contributed by atoms with Crippen LogP contribution in [0.3, 0.4) is 0 Å². The SMILES string of the molecule is NNC(Cc1cccc(F)c1)C1CCCc2ccccc21. The summed E-state index contributed by atoms with van der Waals surface area (Å²) in [6, 6.07) is 15.5. The van der Waals surface area contributed by atoms with Crippen molar-refractivity contribution in [3.05, 3.63) is 71.0 Å². The van der Waals surface area contributed by atoms with E-state index in [9.17, 15) is 4.39 Å². The predicted octanol–water partition coefficient (Wildman–Crippen LogP) is 3.32. The van der Waals surface area contributed by atoms with Crippen molar-refractivity contribution in [3.63, 3.8) is 0 Å². The summed E-state index contributed by atoms with van der Waals surface area (Å²) in [7, 11) is 0. The second kappa shape index (κ2) is 6.37. The molecule has 0 aromatic heterocycles. The predicted molar refractivity (Wildman–Crippen MR) is 83.3 cm³/mol. The second-order valence-electron chi connectivity index (χ2n) is 5.80. The first-order valence-corrected chi connectivity index (χ1v) is 7.56. The molecule has 3 heteroatoms. The Labute approximate surface area is 125 Å². The minimum Gasteiger partial charge on any atom is -0.271 e. The number of nitrogens with two attached hydrogens (primary N) is 1. The fourth-order valence-electron chi connectivity index (χ4n) is 3.44. The van der Waals surface area contributed by atoms with Crippen molar-refractivity contribution in [1.82, 2.24) is 5.43 Å². The Morgan fingerprint density at radius 3 is 2.86 bits per heavy atom. The summed E-state index contributed by atoms with van der Waals surface area (Å²) in [4.78, 5) is 0. The third-order valence-electron chi connectivity index (χ3n) is 4.46. The van der Waals surface area contributed by atoms with Crippen LogP contribution in [0.25, 0.3) is 0 Å². The van der Waals surface area contributed by atoms with Crippen molar-refractivity contribution in [2.45, 2.75) is 37.6 Å². The summed E-state index contributed by atoms with van der Waals surface area (Å²) in [5.74, 6) is 6.01. The van der Waals surface area contributed by atoms with Gasteiger partial charge in [0, 0.05) is 12.0 Å². The summed E-state index contributed by atoms with van der Waals surface area (Å²) in [5.41, 5.74) is 6.76. The van der Waals surface area contributed by atoms with Gasteiger partial charge in [0.15, 0.2) is 0 Å². The van der Waals surface area contributed by atoms with Gasteiger partial charge in [0.2, 0.25) is 0 Å². The first-order valence-electron chi connectivity index (χ1n) is 7.56. The Morgan fingerprint density at radius 1 is 1.19 bits per heavy atom. The lowest BCUT2D eigenvalue weighted by Gasteiger charge is -2.32. The van der Waals surface area contributed by atoms with Gasteiger partial charge in [0.25, 0.3) is 0 Å². The van der Waals surface area contributed by atoms with Crippen LogP contribution in [0.15, 0.2) is 48.5 Å². The lowest BCUT2D eigenvalue weighted by molar-refractivity contribution is 0.394. The van der Waals surface area contributed by atoms with E-state index in [2.05, 4.69) is 29.7 Å². The molecule has 0 aliphatic heterocycles. The van der Waals surface area contributed by atoms with Crippen LogP contribution in [0.2, 0.25) is 0 Å². The first kappa shape index (κ1) is 14.2. The molecule has 2 unspecified atom stereocenters. The Bertz CT molecular complexity index is 612. The van der Waals surface area contributed by atoms with Gasteiger partial charge in [-0.2, -0.15) is 0 Å². The number of hydrogen-bond acceptors (Lipinski definition) is 2. The highest BCUT2D eigenvalue weighted by Gasteiger charge is 2.27. The normalized spacial score (nSPS) is 19.0. The van der Waals surface area contributed by atoms with E-state index in [0.717, 1.165) is 24.8 Å². The van der Waals surface area contributed by atoms with Gasteiger partial charge in [-0.1, -0.05) is 36.4 Å². The Hall–Kier alpha value is -1.71. The molecule has 1 aliphatic carbocycles. The third kappa shape index (κ3) is 3.14. The third-order valence-corrected chi connectivity index (χ3v) is 4.46. The standard InChI is InChI=1S/C18H21FN2/c19-15-8-3-5-13(11-15)12-18(21-20)17-10-4-7-14-6-1-2-9-16(14)17/h1-3,5-6,8-9,11,17-18,21H,4,7,10,12,20H2. The Balaban J connectivity index is 1.84. The lowest BCUT2D eigenvalue weighted by Crippen LogP contribution is -2.42. The minimum absolute atomic E-state index is 0.133. The molecule has 0 saturated carbocycles. The number of nitrogens with one attached hydrogen (secondary N) is 1. The van der Waals surface area contributed by atoms with E-state index in [1.165, 1.54) is 23.6 Å². The first-order chi connectivity index (χ1) is 10.3. The number of hydrazine groups is 1. The quantitative estimate of drug-likeness (QED) is 0.667. The molecule has 2 aromatic carbocycles. The van der Waals surface area contributed by atoms with Crippen LogP contribution in [0.5, 0.6) is 0 Å². The van der Waals surface area contributed by atoms with E-state index in [4.69, 9.17) is 5.84 Å². The van der Waals surface area contributed by atoms with E-state index in [1.54, 1.807) is 12.1 Å². The molecule has 3 N–H and O–H groups in total. The molecule has 0 fully saturated rings. The highest BCUT2D eigenvalue weighted by molar-refractivity contribution is 5.34. The fraction of sp³-hybridized carbons (Fsp3) is 0.333. The van der Waals surface area contributed by atoms with Crippen molar-refractivity contribution >= 4 is 0 Å². The number of rotatable bonds is 4. The summed E-state index contributed by atoms with van der Waals surface area (Å²) < 4.78 is 13.4. The number of halogens is 1. The topological polar surface area (TPSA) is 38.0 Å². The largest absolute Gasteiger partial charge is 0.271 e. The zero-order chi connectivity index (χ0) is 14.7. The number of fused-ring (bicyclic) bond motifs is 1. The van der Waals surface area contributed by atoms with Crippen LogP contribution in [0, 0.1) is 5.82 Å². The zero-order valence-electron chi connectivity index (χ0n) is 12.1. The van der Waals surface area contributed by atoms with E-state index in [1.807, 2.05) is 6.07 Å². The van der Waals surface area contributed by atoms with Crippen molar-refractivity contribution in [2.24, 2.45) is 5.84 Å². The number of hydrogen-bond donors (Lipinski definition) is 2. The fourth-order valence-corrected chi connectivity index (χ4v) is 3.44. The summed E-state index contributed by atoms with van der Waals surface area (Å²) in [5, 5.41) is 0. The second-order valence-corrected chi connectivity index (χ2v) is 5.80. The van der Waals surface area contributed by atoms with Gasteiger partial charge in [0.1, 0.15) is 5.82 Å². The van der Waals surface area contributed by atoms with E-state index in [0.29, 0.717) is 5.92 Å². The molecule has 21 heavy (non-hydrogen) atoms. The van der Waals surface area contributed by atoms with Gasteiger partial charge in [-0.3, -0.25) is 11.3 Å². The van der Waals surface area contributed by atoms with Gasteiger partial charge in [-0.15, -0.1) is 0 Å². The van der Waals surface area contributed by atoms with Crippen LogP contribution in [-0.2, 0) is 12.8 Å². The molecule has 2 atom stereocenters. The van der Waals surface area contributed by atoms with Crippen LogP contribution in [-0.4, -0.2) is 6.04 Å². The summed E-state index contributed by atoms with van der Waals surface area (Å²) in [6.07, 6.45) is 4.20. The summed E-state index contributed by atoms with van der Waals surface area (Å²) in [6.45, 7) is 0. The molecule has 110 valence electrons. The monoisotopic (exact) mass is 284 g/mol. The highest BCUT2D eigenvalue weighted by atomic mass is 19.1. The molecule has 0 amide bonds. The molecule has 0 radical (unpaired) electrons. The maximum atomic E-state index is 13.4. The van der Waals surface area contributed by atoms with Gasteiger partial charge in [0.05, 0.1) is 0 Å². The summed E-state index contributed by atoms with van der Waals surface area (Å²) >= 11 is 0. The molecule has 0 heterocycles. The van der Waals surface area contributed by atoms with Gasteiger partial charge >= 0.3 is 0 Å². The van der Waals surface area contributed by atoms with Crippen molar-refractivity contribution < 1.29 is 4.39 Å². The number of benzene rings is 2. The maximum absolute atomic E-state index is 13.4. The molecule has 3 rings (SSSR count). The van der Waals surface area contributed by atoms with Gasteiger partial charge in [-0.25, -0.2) is 4.39 Å². The van der Waals surface area contributed by atoms with Gasteiger partial charge in [-0.05, 0) is 54.5 Å². The molecule has 2 nitrogen and oxygen atoms in total. The Kier molecular flexibility index (Phi) is 4.32. The molecular formula is C18H21FN2. The van der Waals surface area contributed by atoms with E-state index < -0.39 is 0 Å². The van der Waals surface area contributed by atoms with Crippen molar-refractivity contribution in [3.8, 4) is 0 Å². The lowest BCUT2D eigenvalue weighted by atomic mass is 9.77. The van der Waals surface area contributed by atoms with Crippen molar-refractivity contribution in [1.29, 1.82) is 0 Å². The van der Waals surface area contributed by atoms with E-state index in [-0.39, 0.29) is 11.9 Å². The van der Waals surface area contributed by atoms with Crippen LogP contribution >= 0.6 is 0 Å². The molecule has 0 bridgehead atoms. The molecular weight excluding hydrogens is 263 g/mol. The smallest absolute Gasteiger partial charge is 0.123 e. The number of aryl methyl sites for hydroxylation is 1. The van der Waals surface area contributed by atoms with Crippen LogP contribution < -0.4 is 11.3 Å². The Morgan fingerprint density at radius 2 is 2.05 bits per heavy atom. The average molecular weight is 284 g/mol. The van der Waals surface area contributed by atoms with Crippen molar-refractivity contribution in [2.75, 3.05) is 0 Å². The van der Waals surface area contributed by atoms with Gasteiger partial charge < -0.3 is 0 Å². The molecule has 0 spiro atoms. The molecule has 0 saturated heterocycles. The van der Waals surface area contributed by atoms with Crippen LogP contribution in [0.4, 0.5) is 4.39 Å². The highest BCUT2D eigenvalue weighted by Crippen LogP contribution is 2.34. The zero-order valence-corrected chi connectivity index (χ0v) is 12.1. The minimum atomic E-state index is -0.188. The molecule has 2 aromatic rings. The van der Waals surface area contributed by atoms with Crippen LogP contribution in [0.1, 0.15) is 35.4 Å². The molecule has 1 aliphatic rings. The van der Waals surface area contributed by atoms with E-state index >= 15 is 0 Å².